The Kier molecular flexibility index (Phi) is 5.26. The molecule has 22 heavy (non-hydrogen) atoms. The number of hydrogen-bond donors (Lipinski definition) is 1. The fourth-order valence-electron chi connectivity index (χ4n) is 3.22. The smallest absolute Gasteiger partial charge is 0.137 e. The molecule has 0 fully saturated rings. The van der Waals surface area contributed by atoms with Crippen molar-refractivity contribution in [3.8, 4) is 5.75 Å². The predicted octanol–water partition coefficient (Wildman–Crippen LogP) is 4.43. The molecule has 0 spiro atoms. The zero-order chi connectivity index (χ0) is 15.5. The number of alkyl halides is 1. The number of hydrogen-bond acceptors (Lipinski definition) is 2. The van der Waals surface area contributed by atoms with Gasteiger partial charge in [0.15, 0.2) is 0 Å². The number of fused-ring (bicyclic) bond motifs is 1. The Hall–Kier alpha value is -0.780. The van der Waals surface area contributed by atoms with Crippen molar-refractivity contribution in [2.45, 2.75) is 18.4 Å². The van der Waals surface area contributed by atoms with Crippen LogP contribution in [0.1, 0.15) is 22.6 Å². The molecule has 1 aliphatic rings. The van der Waals surface area contributed by atoms with E-state index in [0.29, 0.717) is 17.0 Å². The summed E-state index contributed by atoms with van der Waals surface area (Å²) in [5.74, 6) is 1.08. The van der Waals surface area contributed by atoms with Crippen molar-refractivity contribution in [1.82, 2.24) is 5.32 Å². The molecule has 2 aromatic rings. The van der Waals surface area contributed by atoms with E-state index in [0.717, 1.165) is 23.1 Å². The normalized spacial score (nSPS) is 21.0. The Morgan fingerprint density at radius 1 is 1.27 bits per heavy atom. The van der Waals surface area contributed by atoms with E-state index in [9.17, 15) is 0 Å². The van der Waals surface area contributed by atoms with Crippen LogP contribution in [0.4, 0.5) is 0 Å². The molecule has 116 valence electrons. The Labute approximate surface area is 150 Å². The lowest BCUT2D eigenvalue weighted by Crippen LogP contribution is -2.36. The number of nitrogens with one attached hydrogen (secondary N) is 1. The molecule has 0 amide bonds. The first-order valence-electron chi connectivity index (χ1n) is 7.45. The molecule has 3 rings (SSSR count). The maximum absolute atomic E-state index is 6.33. The third kappa shape index (κ3) is 3.12. The van der Waals surface area contributed by atoms with E-state index >= 15 is 0 Å². The molecule has 0 aromatic heterocycles. The highest BCUT2D eigenvalue weighted by Crippen LogP contribution is 2.38. The third-order valence-electron chi connectivity index (χ3n) is 4.28. The minimum Gasteiger partial charge on any atom is -0.495 e. The zero-order valence-corrected chi connectivity index (χ0v) is 15.4. The van der Waals surface area contributed by atoms with Gasteiger partial charge in [0.1, 0.15) is 5.75 Å². The molecular weight excluding hydrogens is 409 g/mol. The summed E-state index contributed by atoms with van der Waals surface area (Å²) in [7, 11) is 1.68. The van der Waals surface area contributed by atoms with Crippen LogP contribution in [0.2, 0.25) is 5.02 Å². The lowest BCUT2D eigenvalue weighted by atomic mass is 9.84. The summed E-state index contributed by atoms with van der Waals surface area (Å²) >= 11 is 8.80. The Balaban J connectivity index is 2.16. The van der Waals surface area contributed by atoms with Crippen molar-refractivity contribution < 1.29 is 4.74 Å². The third-order valence-corrected chi connectivity index (χ3v) is 5.52. The summed E-state index contributed by atoms with van der Waals surface area (Å²) in [6.07, 6.45) is 0.996. The van der Waals surface area contributed by atoms with Gasteiger partial charge in [-0.25, -0.2) is 0 Å². The average Bonchev–Trinajstić information content (AvgIpc) is 2.73. The van der Waals surface area contributed by atoms with Gasteiger partial charge in [-0.1, -0.05) is 64.5 Å². The minimum atomic E-state index is 0.321. The van der Waals surface area contributed by atoms with Crippen molar-refractivity contribution in [3.05, 3.63) is 64.2 Å². The molecule has 0 saturated carbocycles. The van der Waals surface area contributed by atoms with Gasteiger partial charge in [-0.3, -0.25) is 0 Å². The van der Waals surface area contributed by atoms with Crippen LogP contribution >= 0.6 is 34.2 Å². The first-order chi connectivity index (χ1) is 10.7. The van der Waals surface area contributed by atoms with Crippen LogP contribution < -0.4 is 10.1 Å². The molecule has 2 nitrogen and oxygen atoms in total. The highest BCUT2D eigenvalue weighted by Gasteiger charge is 2.29. The number of ether oxygens (including phenoxy) is 1. The van der Waals surface area contributed by atoms with E-state index in [4.69, 9.17) is 16.3 Å². The molecule has 1 heterocycles. The van der Waals surface area contributed by atoms with Gasteiger partial charge in [0.25, 0.3) is 0 Å². The highest BCUT2D eigenvalue weighted by atomic mass is 127. The van der Waals surface area contributed by atoms with E-state index in [-0.39, 0.29) is 0 Å². The predicted molar refractivity (Wildman–Crippen MR) is 101 cm³/mol. The first-order valence-corrected chi connectivity index (χ1v) is 9.35. The van der Waals surface area contributed by atoms with Crippen LogP contribution in [0.3, 0.4) is 0 Å². The number of halogens is 2. The largest absolute Gasteiger partial charge is 0.495 e. The molecule has 2 aromatic carbocycles. The average molecular weight is 428 g/mol. The summed E-state index contributed by atoms with van der Waals surface area (Å²) < 4.78 is 6.51. The lowest BCUT2D eigenvalue weighted by molar-refractivity contribution is 0.413. The van der Waals surface area contributed by atoms with Crippen molar-refractivity contribution in [2.75, 3.05) is 18.1 Å². The maximum atomic E-state index is 6.33. The summed E-state index contributed by atoms with van der Waals surface area (Å²) in [4.78, 5) is 0. The molecular formula is C18H19ClINO. The summed E-state index contributed by atoms with van der Waals surface area (Å²) in [6.45, 7) is 0.979. The van der Waals surface area contributed by atoms with Gasteiger partial charge in [-0.2, -0.15) is 0 Å². The Morgan fingerprint density at radius 2 is 2.05 bits per heavy atom. The van der Waals surface area contributed by atoms with Crippen molar-refractivity contribution in [3.63, 3.8) is 0 Å². The molecule has 4 heteroatoms. The van der Waals surface area contributed by atoms with E-state index in [2.05, 4.69) is 70.4 Å². The van der Waals surface area contributed by atoms with E-state index in [1.807, 2.05) is 0 Å². The first kappa shape index (κ1) is 16.1. The van der Waals surface area contributed by atoms with Gasteiger partial charge in [0.2, 0.25) is 0 Å². The van der Waals surface area contributed by atoms with Crippen LogP contribution in [0.5, 0.6) is 5.75 Å². The van der Waals surface area contributed by atoms with Crippen LogP contribution in [-0.4, -0.2) is 24.1 Å². The highest BCUT2D eigenvalue weighted by molar-refractivity contribution is 14.1. The van der Waals surface area contributed by atoms with Gasteiger partial charge in [-0.15, -0.1) is 0 Å². The van der Waals surface area contributed by atoms with Crippen LogP contribution in [-0.2, 0) is 6.42 Å². The SMILES string of the molecule is COc1cc2c(cc1Cl)CCN[C@@H](CI)[C@@H]2c1ccccc1. The molecule has 1 N–H and O–H groups in total. The zero-order valence-electron chi connectivity index (χ0n) is 12.5. The summed E-state index contributed by atoms with van der Waals surface area (Å²) in [6, 6.07) is 15.3. The molecule has 0 bridgehead atoms. The maximum Gasteiger partial charge on any atom is 0.137 e. The summed E-state index contributed by atoms with van der Waals surface area (Å²) in [5, 5.41) is 4.39. The van der Waals surface area contributed by atoms with Crippen molar-refractivity contribution >= 4 is 34.2 Å². The monoisotopic (exact) mass is 427 g/mol. The standard InChI is InChI=1S/C18H19ClINO/c1-22-17-10-14-13(9-15(17)19)7-8-21-16(11-20)18(14)12-5-3-2-4-6-12/h2-6,9-10,16,18,21H,7-8,11H2,1H3/t16-,18+/m0/s1. The summed E-state index contributed by atoms with van der Waals surface area (Å²) in [5.41, 5.74) is 3.99. The second-order valence-corrected chi connectivity index (χ2v) is 6.83. The number of rotatable bonds is 3. The number of methoxy groups -OCH3 is 1. The lowest BCUT2D eigenvalue weighted by Gasteiger charge is -2.27. The van der Waals surface area contributed by atoms with Gasteiger partial charge in [0, 0.05) is 16.4 Å². The molecule has 2 atom stereocenters. The van der Waals surface area contributed by atoms with E-state index in [1.165, 1.54) is 16.7 Å². The Morgan fingerprint density at radius 3 is 2.73 bits per heavy atom. The minimum absolute atomic E-state index is 0.321. The van der Waals surface area contributed by atoms with Crippen molar-refractivity contribution in [2.24, 2.45) is 0 Å². The second-order valence-electron chi connectivity index (χ2n) is 5.54. The van der Waals surface area contributed by atoms with Crippen molar-refractivity contribution in [1.29, 1.82) is 0 Å². The molecule has 0 radical (unpaired) electrons. The van der Waals surface area contributed by atoms with Crippen LogP contribution in [0, 0.1) is 0 Å². The Bertz CT molecular complexity index is 647. The van der Waals surface area contributed by atoms with Gasteiger partial charge >= 0.3 is 0 Å². The van der Waals surface area contributed by atoms with E-state index < -0.39 is 0 Å². The second kappa shape index (κ2) is 7.20. The van der Waals surface area contributed by atoms with Gasteiger partial charge in [-0.05, 0) is 41.8 Å². The fraction of sp³-hybridized carbons (Fsp3) is 0.333. The quantitative estimate of drug-likeness (QED) is 0.578. The van der Waals surface area contributed by atoms with Gasteiger partial charge in [0.05, 0.1) is 12.1 Å². The fourth-order valence-corrected chi connectivity index (χ4v) is 4.30. The topological polar surface area (TPSA) is 21.3 Å². The molecule has 0 unspecified atom stereocenters. The van der Waals surface area contributed by atoms with Gasteiger partial charge < -0.3 is 10.1 Å². The van der Waals surface area contributed by atoms with E-state index in [1.54, 1.807) is 7.11 Å². The number of benzene rings is 2. The molecule has 0 aliphatic carbocycles. The van der Waals surface area contributed by atoms with Crippen LogP contribution in [0.15, 0.2) is 42.5 Å². The molecule has 1 aliphatic heterocycles. The van der Waals surface area contributed by atoms with Crippen LogP contribution in [0.25, 0.3) is 0 Å². The molecule has 0 saturated heterocycles.